The number of nitrogens with two attached hydrogens (primary N) is 1. The average molecular weight is 224 g/mol. The molecule has 8 nitrogen and oxygen atoms in total. The first kappa shape index (κ1) is 10.6. The molecule has 2 rings (SSSR count). The van der Waals surface area contributed by atoms with Crippen molar-refractivity contribution in [1.29, 1.82) is 0 Å². The summed E-state index contributed by atoms with van der Waals surface area (Å²) >= 11 is 0. The Labute approximate surface area is 91.2 Å². The fraction of sp³-hybridized carbons (Fsp3) is 0.500. The van der Waals surface area contributed by atoms with E-state index in [0.717, 1.165) is 0 Å². The number of H-pyrrole nitrogens is 1. The van der Waals surface area contributed by atoms with E-state index in [0.29, 0.717) is 18.1 Å². The van der Waals surface area contributed by atoms with Gasteiger partial charge in [-0.15, -0.1) is 5.10 Å². The number of ether oxygens (including phenoxy) is 1. The molecule has 86 valence electrons. The largest absolute Gasteiger partial charge is 0.381 e. The summed E-state index contributed by atoms with van der Waals surface area (Å²) in [5, 5.41) is 10.1. The lowest BCUT2D eigenvalue weighted by Crippen LogP contribution is -2.09. The summed E-state index contributed by atoms with van der Waals surface area (Å²) < 4.78 is 10.1. The number of hydrogen-bond donors (Lipinski definition) is 2. The number of rotatable bonds is 4. The zero-order valence-electron chi connectivity index (χ0n) is 8.97. The number of aromatic amines is 1. The molecule has 3 N–H and O–H groups in total. The van der Waals surface area contributed by atoms with Crippen LogP contribution in [0.4, 0.5) is 5.95 Å². The number of nitrogens with zero attached hydrogens (tertiary/aromatic N) is 4. The molecule has 0 spiro atoms. The maximum Gasteiger partial charge on any atom is 0.295 e. The Bertz CT molecular complexity index is 465. The Morgan fingerprint density at radius 3 is 2.94 bits per heavy atom. The minimum Gasteiger partial charge on any atom is -0.381 e. The molecule has 1 unspecified atom stereocenters. The predicted molar refractivity (Wildman–Crippen MR) is 54.3 cm³/mol. The molecule has 0 aliphatic rings. The van der Waals surface area contributed by atoms with E-state index in [2.05, 4.69) is 25.3 Å². The Balaban J connectivity index is 2.13. The van der Waals surface area contributed by atoms with E-state index in [4.69, 9.17) is 15.0 Å². The van der Waals surface area contributed by atoms with Crippen LogP contribution in [0.3, 0.4) is 0 Å². The maximum absolute atomic E-state index is 5.36. The molecular formula is C8H12N6O2. The summed E-state index contributed by atoms with van der Waals surface area (Å²) in [6, 6.07) is 0. The molecule has 2 heterocycles. The molecule has 0 fully saturated rings. The average Bonchev–Trinajstić information content (AvgIpc) is 2.87. The normalized spacial score (nSPS) is 12.9. The fourth-order valence-electron chi connectivity index (χ4n) is 1.14. The summed E-state index contributed by atoms with van der Waals surface area (Å²) in [5.41, 5.74) is 5.36. The zero-order chi connectivity index (χ0) is 11.5. The molecule has 8 heteroatoms. The van der Waals surface area contributed by atoms with Gasteiger partial charge in [-0.05, 0) is 6.92 Å². The van der Waals surface area contributed by atoms with Crippen LogP contribution in [0.2, 0.25) is 0 Å². The first-order valence-corrected chi connectivity index (χ1v) is 4.72. The monoisotopic (exact) mass is 224 g/mol. The van der Waals surface area contributed by atoms with Gasteiger partial charge >= 0.3 is 0 Å². The van der Waals surface area contributed by atoms with Crippen molar-refractivity contribution in [3.8, 4) is 11.7 Å². The summed E-state index contributed by atoms with van der Waals surface area (Å²) in [6.07, 6.45) is 0.606. The van der Waals surface area contributed by atoms with Crippen LogP contribution in [0.5, 0.6) is 0 Å². The minimum atomic E-state index is 0.0326. The number of anilines is 1. The topological polar surface area (TPSA) is 116 Å². The van der Waals surface area contributed by atoms with Crippen molar-refractivity contribution in [2.24, 2.45) is 0 Å². The van der Waals surface area contributed by atoms with Gasteiger partial charge in [0.2, 0.25) is 11.8 Å². The van der Waals surface area contributed by atoms with Crippen molar-refractivity contribution in [2.75, 3.05) is 12.8 Å². The standard InChI is InChI=1S/C8H12N6O2/c1-4(15-2)3-5-10-7(16-14-5)6-11-8(9)13-12-6/h4H,3H2,1-2H3,(H3,9,11,12,13). The summed E-state index contributed by atoms with van der Waals surface area (Å²) in [7, 11) is 1.63. The molecule has 0 bridgehead atoms. The first-order valence-electron chi connectivity index (χ1n) is 4.72. The zero-order valence-corrected chi connectivity index (χ0v) is 8.97. The molecule has 0 aromatic carbocycles. The molecule has 2 aromatic heterocycles. The van der Waals surface area contributed by atoms with Crippen LogP contribution in [0.15, 0.2) is 4.52 Å². The Morgan fingerprint density at radius 1 is 1.50 bits per heavy atom. The van der Waals surface area contributed by atoms with Crippen LogP contribution >= 0.6 is 0 Å². The highest BCUT2D eigenvalue weighted by Crippen LogP contribution is 2.13. The van der Waals surface area contributed by atoms with Crippen LogP contribution in [0, 0.1) is 0 Å². The highest BCUT2D eigenvalue weighted by Gasteiger charge is 2.14. The number of hydrogen-bond acceptors (Lipinski definition) is 7. The van der Waals surface area contributed by atoms with Gasteiger partial charge in [0.1, 0.15) is 0 Å². The number of aromatic nitrogens is 5. The first-order chi connectivity index (χ1) is 7.69. The summed E-state index contributed by atoms with van der Waals surface area (Å²) in [6.45, 7) is 1.92. The van der Waals surface area contributed by atoms with Gasteiger partial charge in [-0.2, -0.15) is 9.97 Å². The number of nitrogens with one attached hydrogen (secondary N) is 1. The molecule has 0 saturated heterocycles. The molecule has 0 saturated carbocycles. The molecule has 0 radical (unpaired) electrons. The van der Waals surface area contributed by atoms with E-state index in [-0.39, 0.29) is 17.9 Å². The predicted octanol–water partition coefficient (Wildman–Crippen LogP) is 0.0143. The third kappa shape index (κ3) is 2.16. The van der Waals surface area contributed by atoms with E-state index in [1.54, 1.807) is 7.11 Å². The summed E-state index contributed by atoms with van der Waals surface area (Å²) in [4.78, 5) is 8.01. The van der Waals surface area contributed by atoms with Crippen molar-refractivity contribution < 1.29 is 9.26 Å². The molecule has 16 heavy (non-hydrogen) atoms. The van der Waals surface area contributed by atoms with Crippen LogP contribution < -0.4 is 5.73 Å². The molecule has 0 aliphatic heterocycles. The van der Waals surface area contributed by atoms with Crippen molar-refractivity contribution in [1.82, 2.24) is 25.3 Å². The van der Waals surface area contributed by atoms with E-state index in [1.807, 2.05) is 6.92 Å². The second-order valence-electron chi connectivity index (χ2n) is 3.31. The molecule has 0 amide bonds. The van der Waals surface area contributed by atoms with Crippen molar-refractivity contribution in [3.63, 3.8) is 0 Å². The van der Waals surface area contributed by atoms with Gasteiger partial charge in [0.25, 0.3) is 5.89 Å². The lowest BCUT2D eigenvalue weighted by atomic mass is 10.3. The van der Waals surface area contributed by atoms with Gasteiger partial charge in [0, 0.05) is 13.5 Å². The number of nitrogen functional groups attached to an aromatic ring is 1. The molecule has 2 aromatic rings. The lowest BCUT2D eigenvalue weighted by molar-refractivity contribution is 0.116. The lowest BCUT2D eigenvalue weighted by Gasteiger charge is -2.03. The van der Waals surface area contributed by atoms with Gasteiger partial charge in [-0.25, -0.2) is 0 Å². The van der Waals surface area contributed by atoms with Gasteiger partial charge in [-0.3, -0.25) is 5.10 Å². The molecule has 0 aliphatic carbocycles. The highest BCUT2D eigenvalue weighted by molar-refractivity contribution is 5.41. The third-order valence-corrected chi connectivity index (χ3v) is 2.05. The summed E-state index contributed by atoms with van der Waals surface area (Å²) in [5.74, 6) is 1.32. The van der Waals surface area contributed by atoms with Crippen LogP contribution in [0.25, 0.3) is 11.7 Å². The Kier molecular flexibility index (Phi) is 2.82. The Morgan fingerprint density at radius 2 is 2.31 bits per heavy atom. The maximum atomic E-state index is 5.36. The van der Waals surface area contributed by atoms with Crippen molar-refractivity contribution in [2.45, 2.75) is 19.4 Å². The van der Waals surface area contributed by atoms with Gasteiger partial charge in [0.05, 0.1) is 6.10 Å². The Hall–Kier alpha value is -1.96. The second-order valence-corrected chi connectivity index (χ2v) is 3.31. The van der Waals surface area contributed by atoms with Crippen LogP contribution in [-0.2, 0) is 11.2 Å². The molecule has 1 atom stereocenters. The van der Waals surface area contributed by atoms with E-state index < -0.39 is 0 Å². The van der Waals surface area contributed by atoms with Crippen molar-refractivity contribution in [3.05, 3.63) is 5.82 Å². The fourth-order valence-corrected chi connectivity index (χ4v) is 1.14. The minimum absolute atomic E-state index is 0.0326. The smallest absolute Gasteiger partial charge is 0.295 e. The number of methoxy groups -OCH3 is 1. The van der Waals surface area contributed by atoms with Crippen LogP contribution in [-0.4, -0.2) is 38.5 Å². The third-order valence-electron chi connectivity index (χ3n) is 2.05. The highest BCUT2D eigenvalue weighted by atomic mass is 16.5. The second kappa shape index (κ2) is 4.27. The van der Waals surface area contributed by atoms with Crippen molar-refractivity contribution >= 4 is 5.95 Å². The molecular weight excluding hydrogens is 212 g/mol. The quantitative estimate of drug-likeness (QED) is 0.751. The van der Waals surface area contributed by atoms with E-state index in [1.165, 1.54) is 0 Å². The van der Waals surface area contributed by atoms with Crippen LogP contribution in [0.1, 0.15) is 12.7 Å². The van der Waals surface area contributed by atoms with E-state index in [9.17, 15) is 0 Å². The van der Waals surface area contributed by atoms with Gasteiger partial charge < -0.3 is 15.0 Å². The van der Waals surface area contributed by atoms with Gasteiger partial charge in [0.15, 0.2) is 5.82 Å². The SMILES string of the molecule is COC(C)Cc1noc(-c2nc(N)n[nH]2)n1. The van der Waals surface area contributed by atoms with E-state index >= 15 is 0 Å². The van der Waals surface area contributed by atoms with Gasteiger partial charge in [-0.1, -0.05) is 5.16 Å².